The molecule has 0 radical (unpaired) electrons. The first-order valence-electron chi connectivity index (χ1n) is 7.27. The van der Waals surface area contributed by atoms with Crippen LogP contribution >= 0.6 is 0 Å². The van der Waals surface area contributed by atoms with E-state index in [-0.39, 0.29) is 5.91 Å². The lowest BCUT2D eigenvalue weighted by Gasteiger charge is -2.22. The Bertz CT molecular complexity index is 411. The fourth-order valence-corrected chi connectivity index (χ4v) is 2.57. The van der Waals surface area contributed by atoms with Crippen molar-refractivity contribution in [2.75, 3.05) is 19.6 Å². The van der Waals surface area contributed by atoms with Gasteiger partial charge in [-0.1, -0.05) is 24.3 Å². The maximum absolute atomic E-state index is 11.8. The number of rotatable bonds is 5. The molecule has 1 heterocycles. The van der Waals surface area contributed by atoms with Crippen LogP contribution in [0.5, 0.6) is 0 Å². The third-order valence-corrected chi connectivity index (χ3v) is 3.93. The monoisotopic (exact) mass is 260 g/mol. The van der Waals surface area contributed by atoms with Crippen LogP contribution in [0.1, 0.15) is 30.4 Å². The molecule has 1 aliphatic heterocycles. The van der Waals surface area contributed by atoms with Crippen LogP contribution in [0.4, 0.5) is 0 Å². The summed E-state index contributed by atoms with van der Waals surface area (Å²) >= 11 is 0. The van der Waals surface area contributed by atoms with Crippen molar-refractivity contribution < 1.29 is 4.79 Å². The summed E-state index contributed by atoms with van der Waals surface area (Å²) in [5.41, 5.74) is 2.55. The van der Waals surface area contributed by atoms with Gasteiger partial charge in [-0.05, 0) is 56.3 Å². The Morgan fingerprint density at radius 2 is 2.05 bits per heavy atom. The summed E-state index contributed by atoms with van der Waals surface area (Å²) in [5.74, 6) is 0.838. The van der Waals surface area contributed by atoms with Crippen LogP contribution in [0.25, 0.3) is 0 Å². The second kappa shape index (κ2) is 7.29. The number of amides is 1. The Morgan fingerprint density at radius 1 is 1.32 bits per heavy atom. The highest BCUT2D eigenvalue weighted by Gasteiger charge is 2.13. The highest BCUT2D eigenvalue weighted by Crippen LogP contribution is 2.11. The molecule has 1 fully saturated rings. The van der Waals surface area contributed by atoms with Crippen molar-refractivity contribution in [1.29, 1.82) is 0 Å². The van der Waals surface area contributed by atoms with Crippen molar-refractivity contribution in [1.82, 2.24) is 10.6 Å². The Labute approximate surface area is 115 Å². The lowest BCUT2D eigenvalue weighted by atomic mass is 9.98. The van der Waals surface area contributed by atoms with Crippen LogP contribution < -0.4 is 10.6 Å². The zero-order valence-corrected chi connectivity index (χ0v) is 11.7. The number of carbonyl (C=O) groups excluding carboxylic acids is 1. The standard InChI is InChI=1S/C16H24N2O/c1-13-4-2-3-5-15(13)6-7-16(19)18-12-14-8-10-17-11-9-14/h2-5,14,17H,6-12H2,1H3,(H,18,19). The molecule has 0 spiro atoms. The zero-order chi connectivity index (χ0) is 13.5. The summed E-state index contributed by atoms with van der Waals surface area (Å²) in [4.78, 5) is 11.8. The molecule has 3 nitrogen and oxygen atoms in total. The van der Waals surface area contributed by atoms with Crippen LogP contribution in [-0.4, -0.2) is 25.5 Å². The van der Waals surface area contributed by atoms with E-state index >= 15 is 0 Å². The van der Waals surface area contributed by atoms with Gasteiger partial charge in [-0.3, -0.25) is 4.79 Å². The molecule has 1 amide bonds. The van der Waals surface area contributed by atoms with Crippen LogP contribution in [0.3, 0.4) is 0 Å². The SMILES string of the molecule is Cc1ccccc1CCC(=O)NCC1CCNCC1. The summed E-state index contributed by atoms with van der Waals surface area (Å²) in [6.07, 6.45) is 3.79. The Kier molecular flexibility index (Phi) is 5.40. The van der Waals surface area contributed by atoms with Crippen molar-refractivity contribution in [3.8, 4) is 0 Å². The molecule has 104 valence electrons. The smallest absolute Gasteiger partial charge is 0.220 e. The number of piperidine rings is 1. The minimum atomic E-state index is 0.182. The fraction of sp³-hybridized carbons (Fsp3) is 0.562. The summed E-state index contributed by atoms with van der Waals surface area (Å²) in [7, 11) is 0. The minimum Gasteiger partial charge on any atom is -0.356 e. The van der Waals surface area contributed by atoms with E-state index in [2.05, 4.69) is 29.7 Å². The molecule has 1 aromatic rings. The molecule has 3 heteroatoms. The third kappa shape index (κ3) is 4.67. The van der Waals surface area contributed by atoms with Gasteiger partial charge in [0.2, 0.25) is 5.91 Å². The summed E-state index contributed by atoms with van der Waals surface area (Å²) in [6, 6.07) is 8.28. The first kappa shape index (κ1) is 14.1. The largest absolute Gasteiger partial charge is 0.356 e. The molecule has 0 atom stereocenters. The van der Waals surface area contributed by atoms with E-state index in [1.54, 1.807) is 0 Å². The first-order chi connectivity index (χ1) is 9.25. The first-order valence-corrected chi connectivity index (χ1v) is 7.27. The van der Waals surface area contributed by atoms with Crippen LogP contribution in [0.2, 0.25) is 0 Å². The third-order valence-electron chi connectivity index (χ3n) is 3.93. The van der Waals surface area contributed by atoms with Crippen molar-refractivity contribution in [2.45, 2.75) is 32.6 Å². The molecule has 0 aromatic heterocycles. The average Bonchev–Trinajstić information content (AvgIpc) is 2.45. The molecule has 0 unspecified atom stereocenters. The summed E-state index contributed by atoms with van der Waals surface area (Å²) < 4.78 is 0. The second-order valence-electron chi connectivity index (χ2n) is 5.42. The summed E-state index contributed by atoms with van der Waals surface area (Å²) in [5, 5.41) is 6.42. The van der Waals surface area contributed by atoms with Crippen molar-refractivity contribution in [2.24, 2.45) is 5.92 Å². The number of nitrogens with one attached hydrogen (secondary N) is 2. The summed E-state index contributed by atoms with van der Waals surface area (Å²) in [6.45, 7) is 5.12. The molecule has 2 N–H and O–H groups in total. The second-order valence-corrected chi connectivity index (χ2v) is 5.42. The maximum atomic E-state index is 11.8. The van der Waals surface area contributed by atoms with E-state index in [9.17, 15) is 4.79 Å². The molecule has 0 saturated carbocycles. The number of aryl methyl sites for hydroxylation is 2. The van der Waals surface area contributed by atoms with Crippen LogP contribution in [0, 0.1) is 12.8 Å². The average molecular weight is 260 g/mol. The van der Waals surface area contributed by atoms with Crippen LogP contribution in [0.15, 0.2) is 24.3 Å². The Balaban J connectivity index is 1.68. The van der Waals surface area contributed by atoms with E-state index in [1.165, 1.54) is 24.0 Å². The molecule has 2 rings (SSSR count). The van der Waals surface area contributed by atoms with E-state index < -0.39 is 0 Å². The van der Waals surface area contributed by atoms with Gasteiger partial charge in [0.25, 0.3) is 0 Å². The lowest BCUT2D eigenvalue weighted by Crippen LogP contribution is -2.36. The molecule has 1 aromatic carbocycles. The van der Waals surface area contributed by atoms with Gasteiger partial charge >= 0.3 is 0 Å². The molecule has 1 saturated heterocycles. The van der Waals surface area contributed by atoms with Gasteiger partial charge in [0.05, 0.1) is 0 Å². The predicted octanol–water partition coefficient (Wildman–Crippen LogP) is 2.04. The van der Waals surface area contributed by atoms with E-state index in [4.69, 9.17) is 0 Å². The molecule has 19 heavy (non-hydrogen) atoms. The van der Waals surface area contributed by atoms with Crippen LogP contribution in [-0.2, 0) is 11.2 Å². The number of carbonyl (C=O) groups is 1. The maximum Gasteiger partial charge on any atom is 0.220 e. The normalized spacial score (nSPS) is 16.3. The molecule has 1 aliphatic rings. The van der Waals surface area contributed by atoms with Gasteiger partial charge in [0.1, 0.15) is 0 Å². The Hall–Kier alpha value is -1.35. The highest BCUT2D eigenvalue weighted by molar-refractivity contribution is 5.76. The highest BCUT2D eigenvalue weighted by atomic mass is 16.1. The lowest BCUT2D eigenvalue weighted by molar-refractivity contribution is -0.121. The Morgan fingerprint density at radius 3 is 2.79 bits per heavy atom. The molecular weight excluding hydrogens is 236 g/mol. The van der Waals surface area contributed by atoms with Gasteiger partial charge in [-0.15, -0.1) is 0 Å². The van der Waals surface area contributed by atoms with E-state index in [0.29, 0.717) is 12.3 Å². The minimum absolute atomic E-state index is 0.182. The number of benzene rings is 1. The van der Waals surface area contributed by atoms with E-state index in [0.717, 1.165) is 26.1 Å². The van der Waals surface area contributed by atoms with Gasteiger partial charge in [0.15, 0.2) is 0 Å². The van der Waals surface area contributed by atoms with Gasteiger partial charge in [-0.2, -0.15) is 0 Å². The molecule has 0 aliphatic carbocycles. The number of hydrogen-bond acceptors (Lipinski definition) is 2. The van der Waals surface area contributed by atoms with Gasteiger partial charge in [-0.25, -0.2) is 0 Å². The zero-order valence-electron chi connectivity index (χ0n) is 11.7. The van der Waals surface area contributed by atoms with Crippen molar-refractivity contribution in [3.63, 3.8) is 0 Å². The molecular formula is C16H24N2O. The molecule has 0 bridgehead atoms. The van der Waals surface area contributed by atoms with E-state index in [1.807, 2.05) is 12.1 Å². The van der Waals surface area contributed by atoms with Gasteiger partial charge < -0.3 is 10.6 Å². The van der Waals surface area contributed by atoms with Crippen molar-refractivity contribution >= 4 is 5.91 Å². The van der Waals surface area contributed by atoms with Crippen molar-refractivity contribution in [3.05, 3.63) is 35.4 Å². The quantitative estimate of drug-likeness (QED) is 0.850. The van der Waals surface area contributed by atoms with Gasteiger partial charge in [0, 0.05) is 13.0 Å². The fourth-order valence-electron chi connectivity index (χ4n) is 2.57. The number of hydrogen-bond donors (Lipinski definition) is 2. The topological polar surface area (TPSA) is 41.1 Å². The predicted molar refractivity (Wildman–Crippen MR) is 78.1 cm³/mol.